The van der Waals surface area contributed by atoms with Crippen molar-refractivity contribution >= 4 is 77.1 Å². The summed E-state index contributed by atoms with van der Waals surface area (Å²) in [4.78, 5) is 14.4. The fourth-order valence-corrected chi connectivity index (χ4v) is 4.42. The molecule has 0 fully saturated rings. The molecule has 3 rings (SSSR count). The predicted molar refractivity (Wildman–Crippen MR) is 120 cm³/mol. The third kappa shape index (κ3) is 4.63. The van der Waals surface area contributed by atoms with Crippen molar-refractivity contribution in [3.05, 3.63) is 62.6 Å². The summed E-state index contributed by atoms with van der Waals surface area (Å²) in [5.74, 6) is 0.249. The van der Waals surface area contributed by atoms with Crippen LogP contribution in [0.15, 0.2) is 39.6 Å². The molecule has 0 atom stereocenters. The highest BCUT2D eigenvalue weighted by atomic mass is 127. The summed E-state index contributed by atoms with van der Waals surface area (Å²) in [6.07, 6.45) is 0. The Morgan fingerprint density at radius 1 is 1.15 bits per heavy atom. The molecule has 0 bridgehead atoms. The van der Waals surface area contributed by atoms with Crippen LogP contribution in [0, 0.1) is 6.92 Å². The molecule has 0 aromatic heterocycles. The second-order valence-electron chi connectivity index (χ2n) is 5.65. The lowest BCUT2D eigenvalue weighted by Gasteiger charge is -2.27. The van der Waals surface area contributed by atoms with Crippen LogP contribution in [-0.2, 0) is 16.1 Å². The topological polar surface area (TPSA) is 53.9 Å². The zero-order valence-electron chi connectivity index (χ0n) is 14.4. The van der Waals surface area contributed by atoms with Gasteiger partial charge < -0.3 is 10.1 Å². The first-order valence-corrected chi connectivity index (χ1v) is 11.0. The van der Waals surface area contributed by atoms with Crippen molar-refractivity contribution in [1.29, 1.82) is 0 Å². The van der Waals surface area contributed by atoms with Crippen LogP contribution >= 0.6 is 55.8 Å². The number of halogens is 4. The van der Waals surface area contributed by atoms with Crippen LogP contribution < -0.4 is 5.32 Å². The molecule has 1 N–H and O–H groups in total. The molecule has 1 aliphatic rings. The van der Waals surface area contributed by atoms with Crippen LogP contribution in [0.1, 0.15) is 11.1 Å². The molecule has 0 unspecified atom stereocenters. The number of rotatable bonds is 4. The maximum Gasteiger partial charge on any atom is 0.291 e. The van der Waals surface area contributed by atoms with E-state index in [-0.39, 0.29) is 12.5 Å². The lowest BCUT2D eigenvalue weighted by atomic mass is 10.2. The van der Waals surface area contributed by atoms with E-state index in [0.29, 0.717) is 24.7 Å². The number of hydrogen-bond acceptors (Lipinski definition) is 4. The quantitative estimate of drug-likeness (QED) is 0.529. The summed E-state index contributed by atoms with van der Waals surface area (Å²) < 4.78 is 10.2. The van der Waals surface area contributed by atoms with Crippen molar-refractivity contribution in [3.63, 3.8) is 0 Å². The van der Waals surface area contributed by atoms with E-state index in [1.54, 1.807) is 12.1 Å². The number of nitrogens with zero attached hydrogens (tertiary/aromatic N) is 2. The number of nitrogens with one attached hydrogen (secondary N) is 1. The number of guanidine groups is 1. The Balaban J connectivity index is 1.94. The van der Waals surface area contributed by atoms with Crippen molar-refractivity contribution in [2.24, 2.45) is 3.21 Å². The molecule has 0 saturated heterocycles. The van der Waals surface area contributed by atoms with Crippen molar-refractivity contribution in [2.75, 3.05) is 12.4 Å². The molecule has 1 aliphatic heterocycles. The van der Waals surface area contributed by atoms with E-state index in [1.165, 1.54) is 12.0 Å². The van der Waals surface area contributed by atoms with Crippen molar-refractivity contribution in [1.82, 2.24) is 4.90 Å². The molecular formula is C18H15Cl3IN3O2. The molecule has 0 saturated carbocycles. The van der Waals surface area contributed by atoms with E-state index < -0.39 is 21.0 Å². The van der Waals surface area contributed by atoms with Gasteiger partial charge in [0.15, 0.2) is 3.69 Å². The van der Waals surface area contributed by atoms with Gasteiger partial charge >= 0.3 is 0 Å². The Hall–Kier alpha value is -1.19. The average molecular weight is 539 g/mol. The predicted octanol–water partition coefficient (Wildman–Crippen LogP) is 5.43. The minimum Gasteiger partial charge on any atom is -0.338 e. The van der Waals surface area contributed by atoms with Crippen molar-refractivity contribution in [3.8, 4) is 0 Å². The Bertz CT molecular complexity index is 963. The van der Waals surface area contributed by atoms with Gasteiger partial charge in [0.25, 0.3) is 5.91 Å². The summed E-state index contributed by atoms with van der Waals surface area (Å²) in [7, 11) is 1.49. The third-order valence-corrected chi connectivity index (χ3v) is 7.07. The van der Waals surface area contributed by atoms with Crippen molar-refractivity contribution < 1.29 is 9.53 Å². The fraction of sp³-hybridized carbons (Fsp3) is 0.167. The monoisotopic (exact) mass is 537 g/mol. The zero-order valence-corrected chi connectivity index (χ0v) is 18.8. The molecule has 2 aromatic carbocycles. The number of methoxy groups -OCH3 is 1. The molecule has 2 aromatic rings. The van der Waals surface area contributed by atoms with Crippen LogP contribution in [0.4, 0.5) is 5.69 Å². The second-order valence-corrected chi connectivity index (χ2v) is 8.81. The van der Waals surface area contributed by atoms with Gasteiger partial charge in [-0.1, -0.05) is 46.9 Å². The van der Waals surface area contributed by atoms with E-state index in [0.717, 1.165) is 16.8 Å². The van der Waals surface area contributed by atoms with E-state index in [4.69, 9.17) is 39.5 Å². The van der Waals surface area contributed by atoms with Gasteiger partial charge in [-0.05, 0) is 42.3 Å². The van der Waals surface area contributed by atoms with Crippen LogP contribution in [-0.4, -0.2) is 27.6 Å². The summed E-state index contributed by atoms with van der Waals surface area (Å²) in [5.41, 5.74) is 2.49. The van der Waals surface area contributed by atoms with Gasteiger partial charge in [-0.15, -0.1) is 0 Å². The maximum absolute atomic E-state index is 12.9. The number of benzene rings is 2. The highest BCUT2D eigenvalue weighted by Crippen LogP contribution is 2.27. The molecule has 1 heterocycles. The summed E-state index contributed by atoms with van der Waals surface area (Å²) >= 11 is 17.4. The molecule has 9 heteroatoms. The number of amides is 1. The molecular weight excluding hydrogens is 523 g/mol. The lowest BCUT2D eigenvalue weighted by Crippen LogP contribution is -2.45. The Labute approximate surface area is 182 Å². The van der Waals surface area contributed by atoms with Gasteiger partial charge in [0.1, 0.15) is 0 Å². The second kappa shape index (κ2) is 8.87. The molecule has 0 radical (unpaired) electrons. The van der Waals surface area contributed by atoms with Gasteiger partial charge in [-0.2, -0.15) is 3.21 Å². The normalized spacial score (nSPS) is 14.4. The SMILES string of the molecule is COC1=IN=C(Nc2cccc(Cl)c2C)N(Cc2ccc(Cl)c(Cl)c2)C1=O. The third-order valence-electron chi connectivity index (χ3n) is 3.89. The molecule has 1 amide bonds. The standard InChI is InChI=1S/C18H15Cl3IN3O2/c1-10-12(19)4-3-5-15(10)23-18-24-22-16(27-2)17(26)25(18)9-11-6-7-13(20)14(21)8-11/h3-8H,9H2,1-2H3,(H,23,24). The molecule has 0 spiro atoms. The first kappa shape index (κ1) is 20.5. The minimum atomic E-state index is -0.914. The number of ether oxygens (including phenoxy) is 1. The highest BCUT2D eigenvalue weighted by molar-refractivity contribution is 14.2. The van der Waals surface area contributed by atoms with Crippen LogP contribution in [0.25, 0.3) is 0 Å². The molecule has 0 aliphatic carbocycles. The summed E-state index contributed by atoms with van der Waals surface area (Å²) in [6.45, 7) is 2.18. The van der Waals surface area contributed by atoms with Gasteiger partial charge in [0, 0.05) is 17.8 Å². The Morgan fingerprint density at radius 2 is 1.93 bits per heavy atom. The first-order valence-electron chi connectivity index (χ1n) is 7.81. The first-order chi connectivity index (χ1) is 12.9. The van der Waals surface area contributed by atoms with Gasteiger partial charge in [-0.25, -0.2) is 0 Å². The number of hydrogen-bond donors (Lipinski definition) is 1. The maximum atomic E-state index is 12.9. The number of carbonyl (C=O) groups is 1. The Kier molecular flexibility index (Phi) is 6.75. The van der Waals surface area contributed by atoms with Crippen LogP contribution in [0.5, 0.6) is 0 Å². The highest BCUT2D eigenvalue weighted by Gasteiger charge is 2.28. The van der Waals surface area contributed by atoms with E-state index >= 15 is 0 Å². The molecule has 27 heavy (non-hydrogen) atoms. The van der Waals surface area contributed by atoms with Crippen molar-refractivity contribution in [2.45, 2.75) is 13.5 Å². The van der Waals surface area contributed by atoms with Gasteiger partial charge in [0.05, 0.1) is 37.6 Å². The van der Waals surface area contributed by atoms with E-state index in [9.17, 15) is 4.79 Å². The van der Waals surface area contributed by atoms with E-state index in [1.807, 2.05) is 31.2 Å². The smallest absolute Gasteiger partial charge is 0.291 e. The number of anilines is 1. The number of carbonyl (C=O) groups excluding carboxylic acids is 1. The van der Waals surface area contributed by atoms with Gasteiger partial charge in [-0.3, -0.25) is 9.69 Å². The lowest BCUT2D eigenvalue weighted by molar-refractivity contribution is -0.122. The summed E-state index contributed by atoms with van der Waals surface area (Å²) in [6, 6.07) is 10.8. The van der Waals surface area contributed by atoms with Crippen LogP contribution in [0.3, 0.4) is 0 Å². The average Bonchev–Trinajstić information content (AvgIpc) is 2.65. The summed E-state index contributed by atoms with van der Waals surface area (Å²) in [5, 5.41) is 4.76. The molecule has 5 nitrogen and oxygen atoms in total. The zero-order chi connectivity index (χ0) is 19.6. The minimum absolute atomic E-state index is 0.214. The Morgan fingerprint density at radius 3 is 2.63 bits per heavy atom. The molecule has 142 valence electrons. The largest absolute Gasteiger partial charge is 0.338 e. The fourth-order valence-electron chi connectivity index (χ4n) is 2.40. The van der Waals surface area contributed by atoms with Gasteiger partial charge in [0.2, 0.25) is 5.96 Å². The van der Waals surface area contributed by atoms with E-state index in [2.05, 4.69) is 8.52 Å². The van der Waals surface area contributed by atoms with Crippen LogP contribution in [0.2, 0.25) is 15.1 Å².